The Bertz CT molecular complexity index is 646. The molecule has 1 aliphatic rings. The lowest BCUT2D eigenvalue weighted by Crippen LogP contribution is -2.34. The molecule has 2 rings (SSSR count). The molecule has 0 radical (unpaired) electrons. The second kappa shape index (κ2) is 6.25. The lowest BCUT2D eigenvalue weighted by molar-refractivity contribution is 0.0692. The molecule has 0 bridgehead atoms. The van der Waals surface area contributed by atoms with Crippen molar-refractivity contribution in [3.8, 4) is 0 Å². The van der Waals surface area contributed by atoms with Gasteiger partial charge in [0.1, 0.15) is 0 Å². The number of hydrogen-bond donors (Lipinski definition) is 3. The minimum atomic E-state index is -3.89. The van der Waals surface area contributed by atoms with Crippen LogP contribution < -0.4 is 10.5 Å². The Hall–Kier alpha value is -1.25. The Morgan fingerprint density at radius 1 is 1.43 bits per heavy atom. The molecule has 1 saturated carbocycles. The maximum absolute atomic E-state index is 12.4. The van der Waals surface area contributed by atoms with Crippen LogP contribution in [0, 0.1) is 0 Å². The number of carboxylic acids is 1. The van der Waals surface area contributed by atoms with Crippen LogP contribution >= 0.6 is 11.8 Å². The smallest absolute Gasteiger partial charge is 0.337 e. The van der Waals surface area contributed by atoms with Crippen LogP contribution in [0.4, 0.5) is 5.69 Å². The summed E-state index contributed by atoms with van der Waals surface area (Å²) in [5.74, 6) is -1.29. The minimum absolute atomic E-state index is 0.157. The summed E-state index contributed by atoms with van der Waals surface area (Å²) in [6, 6.07) is 3.62. The number of aromatic carboxylic acids is 1. The quantitative estimate of drug-likeness (QED) is 0.706. The van der Waals surface area contributed by atoms with Crippen LogP contribution in [-0.2, 0) is 10.0 Å². The van der Waals surface area contributed by atoms with Gasteiger partial charge in [-0.05, 0) is 43.7 Å². The number of hydrogen-bond acceptors (Lipinski definition) is 5. The van der Waals surface area contributed by atoms with E-state index in [0.29, 0.717) is 5.25 Å². The van der Waals surface area contributed by atoms with Crippen LogP contribution in [0.3, 0.4) is 0 Å². The van der Waals surface area contributed by atoms with Gasteiger partial charge in [0.15, 0.2) is 0 Å². The fraction of sp³-hybridized carbons (Fsp3) is 0.462. The van der Waals surface area contributed by atoms with Crippen LogP contribution in [0.15, 0.2) is 23.1 Å². The first-order chi connectivity index (χ1) is 9.83. The monoisotopic (exact) mass is 330 g/mol. The largest absolute Gasteiger partial charge is 0.478 e. The fourth-order valence-corrected chi connectivity index (χ4v) is 4.79. The Morgan fingerprint density at radius 3 is 2.71 bits per heavy atom. The Morgan fingerprint density at radius 2 is 2.14 bits per heavy atom. The SMILES string of the molecule is CSC1CCC(NS(=O)(=O)c2cc(N)ccc2C(=O)O)C1. The number of sulfonamides is 1. The van der Waals surface area contributed by atoms with E-state index in [1.54, 1.807) is 11.8 Å². The summed E-state index contributed by atoms with van der Waals surface area (Å²) < 4.78 is 27.4. The van der Waals surface area contributed by atoms with E-state index in [4.69, 9.17) is 10.8 Å². The summed E-state index contributed by atoms with van der Waals surface area (Å²) in [5.41, 5.74) is 5.54. The zero-order valence-electron chi connectivity index (χ0n) is 11.6. The molecule has 0 spiro atoms. The average Bonchev–Trinajstić information content (AvgIpc) is 2.85. The fourth-order valence-electron chi connectivity index (χ4n) is 2.48. The zero-order chi connectivity index (χ0) is 15.6. The lowest BCUT2D eigenvalue weighted by atomic mass is 10.2. The molecule has 21 heavy (non-hydrogen) atoms. The number of carbonyl (C=O) groups is 1. The predicted molar refractivity (Wildman–Crippen MR) is 83.1 cm³/mol. The first-order valence-corrected chi connectivity index (χ1v) is 9.28. The lowest BCUT2D eigenvalue weighted by Gasteiger charge is -2.15. The zero-order valence-corrected chi connectivity index (χ0v) is 13.2. The standard InChI is InChI=1S/C13H18N2O4S2/c1-20-10-4-3-9(7-10)15-21(18,19)12-6-8(14)2-5-11(12)13(16)17/h2,5-6,9-10,15H,3-4,7,14H2,1H3,(H,16,17). The molecule has 2 atom stereocenters. The van der Waals surface area contributed by atoms with E-state index in [9.17, 15) is 13.2 Å². The van der Waals surface area contributed by atoms with Gasteiger partial charge in [0.05, 0.1) is 10.5 Å². The molecule has 1 aromatic carbocycles. The molecule has 0 aliphatic heterocycles. The molecule has 4 N–H and O–H groups in total. The molecule has 1 aromatic rings. The van der Waals surface area contributed by atoms with E-state index in [2.05, 4.69) is 4.72 Å². The summed E-state index contributed by atoms with van der Waals surface area (Å²) in [6.07, 6.45) is 4.47. The minimum Gasteiger partial charge on any atom is -0.478 e. The molecule has 0 aromatic heterocycles. The van der Waals surface area contributed by atoms with E-state index in [1.807, 2.05) is 6.26 Å². The molecular weight excluding hydrogens is 312 g/mol. The van der Waals surface area contributed by atoms with Gasteiger partial charge in [0.25, 0.3) is 0 Å². The second-order valence-electron chi connectivity index (χ2n) is 5.05. The molecule has 8 heteroatoms. The van der Waals surface area contributed by atoms with Gasteiger partial charge in [-0.25, -0.2) is 17.9 Å². The topological polar surface area (TPSA) is 109 Å². The van der Waals surface area contributed by atoms with Crippen molar-refractivity contribution in [1.29, 1.82) is 0 Å². The van der Waals surface area contributed by atoms with Gasteiger partial charge in [-0.3, -0.25) is 0 Å². The van der Waals surface area contributed by atoms with Crippen LogP contribution in [0.5, 0.6) is 0 Å². The Kier molecular flexibility index (Phi) is 4.80. The van der Waals surface area contributed by atoms with Crippen LogP contribution in [0.1, 0.15) is 29.6 Å². The summed E-state index contributed by atoms with van der Waals surface area (Å²) in [6.45, 7) is 0. The van der Waals surface area contributed by atoms with E-state index < -0.39 is 16.0 Å². The molecule has 2 unspecified atom stereocenters. The van der Waals surface area contributed by atoms with Crippen molar-refractivity contribution in [3.05, 3.63) is 23.8 Å². The van der Waals surface area contributed by atoms with Crippen molar-refractivity contribution in [2.24, 2.45) is 0 Å². The molecule has 6 nitrogen and oxygen atoms in total. The third-order valence-corrected chi connectivity index (χ3v) is 6.22. The number of nitrogens with one attached hydrogen (secondary N) is 1. The Labute approximate surface area is 128 Å². The summed E-state index contributed by atoms with van der Waals surface area (Å²) in [5, 5.41) is 9.57. The molecule has 1 aliphatic carbocycles. The third-order valence-electron chi connectivity index (χ3n) is 3.57. The summed E-state index contributed by atoms with van der Waals surface area (Å²) in [4.78, 5) is 10.9. The van der Waals surface area contributed by atoms with Crippen molar-refractivity contribution < 1.29 is 18.3 Å². The van der Waals surface area contributed by atoms with E-state index in [0.717, 1.165) is 19.3 Å². The highest BCUT2D eigenvalue weighted by Crippen LogP contribution is 2.29. The van der Waals surface area contributed by atoms with Crippen molar-refractivity contribution in [2.75, 3.05) is 12.0 Å². The first-order valence-electron chi connectivity index (χ1n) is 6.51. The number of anilines is 1. The molecule has 0 amide bonds. The van der Waals surface area contributed by atoms with Crippen LogP contribution in [0.2, 0.25) is 0 Å². The number of nitrogen functional groups attached to an aromatic ring is 1. The number of nitrogens with two attached hydrogens (primary N) is 1. The van der Waals surface area contributed by atoms with E-state index in [-0.39, 0.29) is 22.2 Å². The molecule has 1 fully saturated rings. The van der Waals surface area contributed by atoms with Crippen molar-refractivity contribution in [2.45, 2.75) is 35.4 Å². The highest BCUT2D eigenvalue weighted by Gasteiger charge is 2.30. The van der Waals surface area contributed by atoms with Crippen molar-refractivity contribution >= 4 is 33.4 Å². The van der Waals surface area contributed by atoms with Gasteiger partial charge in [0.2, 0.25) is 10.0 Å². The van der Waals surface area contributed by atoms with E-state index in [1.165, 1.54) is 18.2 Å². The average molecular weight is 330 g/mol. The molecule has 0 heterocycles. The number of carboxylic acid groups (broad SMARTS) is 1. The third kappa shape index (κ3) is 3.69. The maximum Gasteiger partial charge on any atom is 0.337 e. The Balaban J connectivity index is 2.28. The second-order valence-corrected chi connectivity index (χ2v) is 7.87. The van der Waals surface area contributed by atoms with Gasteiger partial charge >= 0.3 is 5.97 Å². The number of rotatable bonds is 5. The maximum atomic E-state index is 12.4. The van der Waals surface area contributed by atoms with Crippen LogP contribution in [-0.4, -0.2) is 37.0 Å². The number of benzene rings is 1. The van der Waals surface area contributed by atoms with Gasteiger partial charge in [-0.1, -0.05) is 0 Å². The predicted octanol–water partition coefficient (Wildman–Crippen LogP) is 1.53. The van der Waals surface area contributed by atoms with Gasteiger partial charge in [-0.2, -0.15) is 11.8 Å². The van der Waals surface area contributed by atoms with E-state index >= 15 is 0 Å². The number of thioether (sulfide) groups is 1. The van der Waals surface area contributed by atoms with Crippen molar-refractivity contribution in [1.82, 2.24) is 4.72 Å². The van der Waals surface area contributed by atoms with Gasteiger partial charge < -0.3 is 10.8 Å². The molecular formula is C13H18N2O4S2. The van der Waals surface area contributed by atoms with Crippen LogP contribution in [0.25, 0.3) is 0 Å². The first kappa shape index (κ1) is 16.1. The summed E-state index contributed by atoms with van der Waals surface area (Å²) in [7, 11) is -3.89. The highest BCUT2D eigenvalue weighted by molar-refractivity contribution is 7.99. The molecule has 116 valence electrons. The summed E-state index contributed by atoms with van der Waals surface area (Å²) >= 11 is 1.72. The molecule has 0 saturated heterocycles. The van der Waals surface area contributed by atoms with Crippen molar-refractivity contribution in [3.63, 3.8) is 0 Å². The normalized spacial score (nSPS) is 22.3. The van der Waals surface area contributed by atoms with Gasteiger partial charge in [0, 0.05) is 17.0 Å². The highest BCUT2D eigenvalue weighted by atomic mass is 32.2. The van der Waals surface area contributed by atoms with Gasteiger partial charge in [-0.15, -0.1) is 0 Å².